The van der Waals surface area contributed by atoms with Gasteiger partial charge in [-0.2, -0.15) is 0 Å². The second-order valence-corrected chi connectivity index (χ2v) is 7.80. The van der Waals surface area contributed by atoms with Crippen molar-refractivity contribution >= 4 is 27.8 Å². The summed E-state index contributed by atoms with van der Waals surface area (Å²) in [5.41, 5.74) is 2.24. The number of hydrogen-bond donors (Lipinski definition) is 1. The summed E-state index contributed by atoms with van der Waals surface area (Å²) in [5.74, 6) is 0.898. The van der Waals surface area contributed by atoms with Gasteiger partial charge in [0.1, 0.15) is 0 Å². The lowest BCUT2D eigenvalue weighted by Gasteiger charge is -2.05. The van der Waals surface area contributed by atoms with E-state index in [1.165, 1.54) is 15.6 Å². The highest BCUT2D eigenvalue weighted by molar-refractivity contribution is 7.17. The summed E-state index contributed by atoms with van der Waals surface area (Å²) in [7, 11) is 0. The SMILES string of the molecule is CC(C)Nc1nc(-c2sc(C(C)C)nc2C(C)C)cs1. The van der Waals surface area contributed by atoms with Crippen molar-refractivity contribution < 1.29 is 0 Å². The van der Waals surface area contributed by atoms with E-state index < -0.39 is 0 Å². The topological polar surface area (TPSA) is 37.8 Å². The van der Waals surface area contributed by atoms with E-state index in [0.29, 0.717) is 17.9 Å². The van der Waals surface area contributed by atoms with Gasteiger partial charge in [-0.15, -0.1) is 22.7 Å². The Labute approximate surface area is 129 Å². The van der Waals surface area contributed by atoms with Crippen molar-refractivity contribution in [3.63, 3.8) is 0 Å². The van der Waals surface area contributed by atoms with Gasteiger partial charge in [-0.25, -0.2) is 9.97 Å². The predicted molar refractivity (Wildman–Crippen MR) is 90.2 cm³/mol. The van der Waals surface area contributed by atoms with Crippen molar-refractivity contribution in [1.82, 2.24) is 9.97 Å². The molecule has 3 nitrogen and oxygen atoms in total. The van der Waals surface area contributed by atoms with Crippen molar-refractivity contribution in [1.29, 1.82) is 0 Å². The van der Waals surface area contributed by atoms with E-state index >= 15 is 0 Å². The number of anilines is 1. The molecule has 0 saturated carbocycles. The van der Waals surface area contributed by atoms with Crippen LogP contribution in [0.2, 0.25) is 0 Å². The Bertz CT molecular complexity index is 567. The zero-order chi connectivity index (χ0) is 14.9. The van der Waals surface area contributed by atoms with Crippen LogP contribution < -0.4 is 5.32 Å². The Hall–Kier alpha value is -0.940. The maximum Gasteiger partial charge on any atom is 0.183 e. The highest BCUT2D eigenvalue weighted by Crippen LogP contribution is 2.38. The Morgan fingerprint density at radius 1 is 1.00 bits per heavy atom. The molecule has 0 aliphatic carbocycles. The normalized spacial score (nSPS) is 11.8. The van der Waals surface area contributed by atoms with Gasteiger partial charge < -0.3 is 5.32 Å². The number of nitrogens with zero attached hydrogens (tertiary/aromatic N) is 2. The van der Waals surface area contributed by atoms with Crippen molar-refractivity contribution in [3.05, 3.63) is 16.1 Å². The quantitative estimate of drug-likeness (QED) is 0.810. The van der Waals surface area contributed by atoms with Crippen LogP contribution in [0.1, 0.15) is 64.1 Å². The fourth-order valence-electron chi connectivity index (χ4n) is 1.86. The second kappa shape index (κ2) is 6.22. The van der Waals surface area contributed by atoms with Crippen molar-refractivity contribution in [2.75, 3.05) is 5.32 Å². The van der Waals surface area contributed by atoms with Gasteiger partial charge in [-0.05, 0) is 19.8 Å². The summed E-state index contributed by atoms with van der Waals surface area (Å²) >= 11 is 3.45. The van der Waals surface area contributed by atoms with Gasteiger partial charge in [0.25, 0.3) is 0 Å². The van der Waals surface area contributed by atoms with Crippen LogP contribution in [0.25, 0.3) is 10.6 Å². The van der Waals surface area contributed by atoms with Gasteiger partial charge in [0.2, 0.25) is 0 Å². The summed E-state index contributed by atoms with van der Waals surface area (Å²) in [5, 5.41) is 7.69. The first kappa shape index (κ1) is 15.4. The smallest absolute Gasteiger partial charge is 0.183 e. The minimum atomic E-state index is 0.409. The summed E-state index contributed by atoms with van der Waals surface area (Å²) in [6.07, 6.45) is 0. The molecule has 0 radical (unpaired) electrons. The van der Waals surface area contributed by atoms with Crippen LogP contribution in [-0.2, 0) is 0 Å². The Morgan fingerprint density at radius 3 is 2.25 bits per heavy atom. The van der Waals surface area contributed by atoms with E-state index in [2.05, 4.69) is 52.2 Å². The van der Waals surface area contributed by atoms with Crippen molar-refractivity contribution in [2.45, 2.75) is 59.4 Å². The first-order chi connectivity index (χ1) is 9.38. The van der Waals surface area contributed by atoms with E-state index in [9.17, 15) is 0 Å². The molecule has 0 saturated heterocycles. The average molecular weight is 310 g/mol. The van der Waals surface area contributed by atoms with Crippen LogP contribution in [0.3, 0.4) is 0 Å². The fourth-order valence-corrected chi connectivity index (χ4v) is 3.97. The van der Waals surface area contributed by atoms with Crippen LogP contribution in [0, 0.1) is 0 Å². The summed E-state index contributed by atoms with van der Waals surface area (Å²) in [6, 6.07) is 0.409. The maximum absolute atomic E-state index is 4.82. The third-order valence-corrected chi connectivity index (χ3v) is 5.03. The maximum atomic E-state index is 4.82. The number of thiazole rings is 2. The molecule has 0 fully saturated rings. The molecule has 2 heterocycles. The Morgan fingerprint density at radius 2 is 1.70 bits per heavy atom. The molecule has 5 heteroatoms. The molecule has 0 atom stereocenters. The number of rotatable bonds is 5. The first-order valence-electron chi connectivity index (χ1n) is 7.11. The molecule has 0 spiro atoms. The van der Waals surface area contributed by atoms with Crippen LogP contribution in [0.4, 0.5) is 5.13 Å². The van der Waals surface area contributed by atoms with E-state index in [4.69, 9.17) is 9.97 Å². The minimum Gasteiger partial charge on any atom is -0.359 e. The molecule has 20 heavy (non-hydrogen) atoms. The molecule has 0 aliphatic rings. The van der Waals surface area contributed by atoms with E-state index in [1.807, 2.05) is 0 Å². The fraction of sp³-hybridized carbons (Fsp3) is 0.600. The lowest BCUT2D eigenvalue weighted by Crippen LogP contribution is -2.08. The van der Waals surface area contributed by atoms with Crippen LogP contribution in [0.15, 0.2) is 5.38 Å². The van der Waals surface area contributed by atoms with Gasteiger partial charge in [-0.3, -0.25) is 0 Å². The highest BCUT2D eigenvalue weighted by Gasteiger charge is 2.19. The van der Waals surface area contributed by atoms with Gasteiger partial charge in [0, 0.05) is 17.3 Å². The minimum absolute atomic E-state index is 0.409. The number of aromatic nitrogens is 2. The Balaban J connectivity index is 2.38. The first-order valence-corrected chi connectivity index (χ1v) is 8.81. The van der Waals surface area contributed by atoms with Crippen LogP contribution in [0.5, 0.6) is 0 Å². The van der Waals surface area contributed by atoms with Crippen LogP contribution >= 0.6 is 22.7 Å². The molecule has 0 aromatic carbocycles. The number of nitrogens with one attached hydrogen (secondary N) is 1. The lowest BCUT2D eigenvalue weighted by molar-refractivity contribution is 0.793. The van der Waals surface area contributed by atoms with E-state index in [1.54, 1.807) is 22.7 Å². The third kappa shape index (κ3) is 3.38. The molecule has 2 aromatic heterocycles. The predicted octanol–water partition coefficient (Wildman–Crippen LogP) is 5.33. The van der Waals surface area contributed by atoms with E-state index in [0.717, 1.165) is 10.8 Å². The zero-order valence-corrected chi connectivity index (χ0v) is 14.7. The molecular formula is C15H23N3S2. The highest BCUT2D eigenvalue weighted by atomic mass is 32.1. The average Bonchev–Trinajstić information content (AvgIpc) is 2.93. The molecule has 2 aromatic rings. The number of hydrogen-bond acceptors (Lipinski definition) is 5. The van der Waals surface area contributed by atoms with E-state index in [-0.39, 0.29) is 0 Å². The largest absolute Gasteiger partial charge is 0.359 e. The van der Waals surface area contributed by atoms with Crippen molar-refractivity contribution in [3.8, 4) is 10.6 Å². The monoisotopic (exact) mass is 309 g/mol. The molecule has 2 rings (SSSR count). The molecule has 110 valence electrons. The van der Waals surface area contributed by atoms with Crippen LogP contribution in [-0.4, -0.2) is 16.0 Å². The van der Waals surface area contributed by atoms with Gasteiger partial charge in [0.05, 0.1) is 21.3 Å². The summed E-state index contributed by atoms with van der Waals surface area (Å²) < 4.78 is 0. The second-order valence-electron chi connectivity index (χ2n) is 5.91. The standard InChI is InChI=1S/C15H23N3S2/c1-8(2)12-13(20-14(18-12)9(3)4)11-7-19-15(17-11)16-10(5)6/h7-10H,1-6H3,(H,16,17). The molecule has 1 N–H and O–H groups in total. The molecular weight excluding hydrogens is 286 g/mol. The molecule has 0 aliphatic heterocycles. The van der Waals surface area contributed by atoms with Gasteiger partial charge in [0.15, 0.2) is 5.13 Å². The molecule has 0 bridgehead atoms. The zero-order valence-electron chi connectivity index (χ0n) is 13.0. The molecule has 0 unspecified atom stereocenters. The molecule has 0 amide bonds. The summed E-state index contributed by atoms with van der Waals surface area (Å²) in [4.78, 5) is 10.8. The third-order valence-electron chi connectivity index (χ3n) is 2.86. The van der Waals surface area contributed by atoms with Gasteiger partial charge >= 0.3 is 0 Å². The summed E-state index contributed by atoms with van der Waals surface area (Å²) in [6.45, 7) is 13.0. The van der Waals surface area contributed by atoms with Crippen molar-refractivity contribution in [2.24, 2.45) is 0 Å². The van der Waals surface area contributed by atoms with Gasteiger partial charge in [-0.1, -0.05) is 27.7 Å². The Kier molecular flexibility index (Phi) is 4.81. The lowest BCUT2D eigenvalue weighted by atomic mass is 10.1.